The number of esters is 1. The van der Waals surface area contributed by atoms with Crippen molar-refractivity contribution >= 4 is 17.7 Å². The van der Waals surface area contributed by atoms with Gasteiger partial charge in [0.2, 0.25) is 0 Å². The smallest absolute Gasteiger partial charge is 0.315 e. The summed E-state index contributed by atoms with van der Waals surface area (Å²) in [4.78, 5) is 10.8. The molecule has 0 amide bonds. The van der Waals surface area contributed by atoms with E-state index in [-0.39, 0.29) is 5.97 Å². The molecule has 1 aliphatic heterocycles. The molecular formula is C10H10O2S. The second kappa shape index (κ2) is 3.83. The molecule has 2 nitrogen and oxygen atoms in total. The van der Waals surface area contributed by atoms with Crippen LogP contribution in [0.5, 0.6) is 0 Å². The lowest BCUT2D eigenvalue weighted by Gasteiger charge is -2.21. The fraction of sp³-hybridized carbons (Fsp3) is 0.300. The highest BCUT2D eigenvalue weighted by atomic mass is 32.2. The van der Waals surface area contributed by atoms with E-state index in [0.29, 0.717) is 17.6 Å². The van der Waals surface area contributed by atoms with E-state index in [9.17, 15) is 4.79 Å². The summed E-state index contributed by atoms with van der Waals surface area (Å²) < 4.78 is 4.99. The summed E-state index contributed by atoms with van der Waals surface area (Å²) in [5, 5.41) is 0.318. The van der Waals surface area contributed by atoms with Crippen molar-refractivity contribution in [2.75, 3.05) is 12.4 Å². The molecule has 0 saturated carbocycles. The van der Waals surface area contributed by atoms with Crippen LogP contribution in [0.2, 0.25) is 0 Å². The van der Waals surface area contributed by atoms with Crippen LogP contribution >= 0.6 is 11.8 Å². The van der Waals surface area contributed by atoms with Crippen molar-refractivity contribution in [2.45, 2.75) is 5.25 Å². The molecule has 0 aliphatic carbocycles. The highest BCUT2D eigenvalue weighted by molar-refractivity contribution is 8.00. The zero-order valence-electron chi connectivity index (χ0n) is 7.10. The maximum Gasteiger partial charge on any atom is 0.315 e. The van der Waals surface area contributed by atoms with Crippen molar-refractivity contribution in [3.8, 4) is 0 Å². The van der Waals surface area contributed by atoms with Crippen molar-refractivity contribution in [1.29, 1.82) is 0 Å². The van der Waals surface area contributed by atoms with E-state index in [1.165, 1.54) is 5.56 Å². The van der Waals surface area contributed by atoms with Crippen molar-refractivity contribution in [3.05, 3.63) is 35.9 Å². The summed E-state index contributed by atoms with van der Waals surface area (Å²) in [6, 6.07) is 10.1. The number of hydrogen-bond donors (Lipinski definition) is 0. The first kappa shape index (κ1) is 8.63. The van der Waals surface area contributed by atoms with E-state index < -0.39 is 0 Å². The number of cyclic esters (lactones) is 1. The van der Waals surface area contributed by atoms with E-state index in [1.807, 2.05) is 18.2 Å². The zero-order valence-corrected chi connectivity index (χ0v) is 7.92. The van der Waals surface area contributed by atoms with Crippen LogP contribution in [0.25, 0.3) is 0 Å². The highest BCUT2D eigenvalue weighted by Gasteiger charge is 2.21. The quantitative estimate of drug-likeness (QED) is 0.640. The molecule has 0 N–H and O–H groups in total. The Morgan fingerprint density at radius 3 is 2.69 bits per heavy atom. The lowest BCUT2D eigenvalue weighted by molar-refractivity contribution is -0.141. The van der Waals surface area contributed by atoms with Crippen molar-refractivity contribution in [3.63, 3.8) is 0 Å². The minimum atomic E-state index is -0.0998. The maximum absolute atomic E-state index is 10.8. The minimum Gasteiger partial charge on any atom is -0.464 e. The molecule has 1 atom stereocenters. The molecule has 3 heteroatoms. The monoisotopic (exact) mass is 194 g/mol. The van der Waals surface area contributed by atoms with Crippen LogP contribution in [0.15, 0.2) is 30.3 Å². The Kier molecular flexibility index (Phi) is 2.54. The van der Waals surface area contributed by atoms with Crippen LogP contribution in [0, 0.1) is 0 Å². The van der Waals surface area contributed by atoms with Crippen LogP contribution < -0.4 is 0 Å². The fourth-order valence-corrected chi connectivity index (χ4v) is 2.22. The fourth-order valence-electron chi connectivity index (χ4n) is 1.29. The van der Waals surface area contributed by atoms with Gasteiger partial charge in [0.15, 0.2) is 0 Å². The van der Waals surface area contributed by atoms with Gasteiger partial charge < -0.3 is 4.74 Å². The van der Waals surface area contributed by atoms with Crippen LogP contribution in [-0.4, -0.2) is 18.3 Å². The van der Waals surface area contributed by atoms with E-state index in [2.05, 4.69) is 12.1 Å². The first-order valence-corrected chi connectivity index (χ1v) is 5.23. The van der Waals surface area contributed by atoms with E-state index >= 15 is 0 Å². The van der Waals surface area contributed by atoms with Crippen molar-refractivity contribution in [2.24, 2.45) is 0 Å². The Morgan fingerprint density at radius 2 is 2.08 bits per heavy atom. The van der Waals surface area contributed by atoms with Gasteiger partial charge in [0.05, 0.1) is 11.0 Å². The van der Waals surface area contributed by atoms with E-state index in [0.717, 1.165) is 0 Å². The highest BCUT2D eigenvalue weighted by Crippen LogP contribution is 2.31. The molecule has 0 bridgehead atoms. The van der Waals surface area contributed by atoms with E-state index in [4.69, 9.17) is 4.74 Å². The molecule has 0 radical (unpaired) electrons. The van der Waals surface area contributed by atoms with Crippen LogP contribution in [-0.2, 0) is 9.53 Å². The van der Waals surface area contributed by atoms with Gasteiger partial charge in [-0.3, -0.25) is 4.79 Å². The largest absolute Gasteiger partial charge is 0.464 e. The average molecular weight is 194 g/mol. The molecule has 1 saturated heterocycles. The molecule has 13 heavy (non-hydrogen) atoms. The van der Waals surface area contributed by atoms with Gasteiger partial charge in [0.25, 0.3) is 0 Å². The topological polar surface area (TPSA) is 26.3 Å². The third-order valence-corrected chi connectivity index (χ3v) is 3.18. The number of thioether (sulfide) groups is 1. The van der Waals surface area contributed by atoms with Crippen molar-refractivity contribution < 1.29 is 9.53 Å². The number of carbonyl (C=O) groups is 1. The second-order valence-corrected chi connectivity index (χ2v) is 4.08. The van der Waals surface area contributed by atoms with Crippen LogP contribution in [0.1, 0.15) is 10.8 Å². The number of benzene rings is 1. The zero-order chi connectivity index (χ0) is 9.10. The number of rotatable bonds is 1. The molecule has 0 aromatic heterocycles. The van der Waals surface area contributed by atoms with Gasteiger partial charge >= 0.3 is 5.97 Å². The summed E-state index contributed by atoms with van der Waals surface area (Å²) in [5.41, 5.74) is 1.24. The van der Waals surface area contributed by atoms with Gasteiger partial charge in [-0.1, -0.05) is 30.3 Å². The molecule has 1 aliphatic rings. The first-order valence-electron chi connectivity index (χ1n) is 4.18. The summed E-state index contributed by atoms with van der Waals surface area (Å²) in [7, 11) is 0. The maximum atomic E-state index is 10.8. The Labute approximate surface area is 81.3 Å². The standard InChI is InChI=1S/C10H10O2S/c11-10-7-13-9(6-12-10)8-4-2-1-3-5-8/h1-5,9H,6-7H2. The molecule has 1 heterocycles. The van der Waals surface area contributed by atoms with Gasteiger partial charge in [0.1, 0.15) is 6.61 Å². The SMILES string of the molecule is O=C1CSC(c2ccccc2)CO1. The van der Waals surface area contributed by atoms with Gasteiger partial charge in [-0.2, -0.15) is 0 Å². The van der Waals surface area contributed by atoms with Gasteiger partial charge in [-0.05, 0) is 5.56 Å². The van der Waals surface area contributed by atoms with Crippen LogP contribution in [0.4, 0.5) is 0 Å². The Morgan fingerprint density at radius 1 is 1.31 bits per heavy atom. The Hall–Kier alpha value is -0.960. The number of hydrogen-bond acceptors (Lipinski definition) is 3. The minimum absolute atomic E-state index is 0.0998. The summed E-state index contributed by atoms with van der Waals surface area (Å²) in [5.74, 6) is 0.372. The molecule has 1 aromatic carbocycles. The summed E-state index contributed by atoms with van der Waals surface area (Å²) >= 11 is 1.65. The molecule has 1 fully saturated rings. The molecule has 0 spiro atoms. The van der Waals surface area contributed by atoms with Gasteiger partial charge in [-0.25, -0.2) is 0 Å². The molecule has 1 unspecified atom stereocenters. The predicted molar refractivity (Wildman–Crippen MR) is 52.6 cm³/mol. The van der Waals surface area contributed by atoms with Gasteiger partial charge in [-0.15, -0.1) is 11.8 Å². The lowest BCUT2D eigenvalue weighted by atomic mass is 10.1. The van der Waals surface area contributed by atoms with Gasteiger partial charge in [0, 0.05) is 0 Å². The normalized spacial score (nSPS) is 22.5. The van der Waals surface area contributed by atoms with Crippen LogP contribution in [0.3, 0.4) is 0 Å². The third-order valence-electron chi connectivity index (χ3n) is 1.97. The first-order chi connectivity index (χ1) is 6.36. The Bertz CT molecular complexity index is 287. The average Bonchev–Trinajstić information content (AvgIpc) is 2.20. The summed E-state index contributed by atoms with van der Waals surface area (Å²) in [6.07, 6.45) is 0. The van der Waals surface area contributed by atoms with Crippen molar-refractivity contribution in [1.82, 2.24) is 0 Å². The molecule has 1 aromatic rings. The molecule has 68 valence electrons. The third kappa shape index (κ3) is 2.04. The lowest BCUT2D eigenvalue weighted by Crippen LogP contribution is -2.19. The number of carbonyl (C=O) groups excluding carboxylic acids is 1. The molecule has 2 rings (SSSR count). The molecular weight excluding hydrogens is 184 g/mol. The Balaban J connectivity index is 2.07. The predicted octanol–water partition coefficient (Wildman–Crippen LogP) is 2.02. The second-order valence-electron chi connectivity index (χ2n) is 2.89. The summed E-state index contributed by atoms with van der Waals surface area (Å²) in [6.45, 7) is 0.507. The van der Waals surface area contributed by atoms with E-state index in [1.54, 1.807) is 11.8 Å². The number of ether oxygens (including phenoxy) is 1.